The van der Waals surface area contributed by atoms with Crippen molar-refractivity contribution >= 4 is 5.91 Å². The third kappa shape index (κ3) is 2.33. The second-order valence-corrected chi connectivity index (χ2v) is 3.50. The minimum atomic E-state index is -4.87. The highest BCUT2D eigenvalue weighted by molar-refractivity contribution is 5.85. The fourth-order valence-corrected chi connectivity index (χ4v) is 1.24. The molecule has 0 radical (unpaired) electrons. The number of rotatable bonds is 3. The van der Waals surface area contributed by atoms with Gasteiger partial charge < -0.3 is 11.5 Å². The normalized spacial score (nSPS) is 15.5. The van der Waals surface area contributed by atoms with E-state index in [1.807, 2.05) is 0 Å². The van der Waals surface area contributed by atoms with Gasteiger partial charge in [0.25, 0.3) is 0 Å². The minimum Gasteiger partial charge on any atom is -0.368 e. The second-order valence-electron chi connectivity index (χ2n) is 3.50. The van der Waals surface area contributed by atoms with E-state index in [-0.39, 0.29) is 0 Å². The molecule has 0 aromatic heterocycles. The Labute approximate surface area is 90.2 Å². The Balaban J connectivity index is 3.03. The van der Waals surface area contributed by atoms with Crippen LogP contribution >= 0.6 is 0 Å². The van der Waals surface area contributed by atoms with Crippen molar-refractivity contribution in [1.82, 2.24) is 0 Å². The summed E-state index contributed by atoms with van der Waals surface area (Å²) in [6.45, 7) is 0. The average molecular weight is 232 g/mol. The first-order chi connectivity index (χ1) is 7.27. The molecule has 3 nitrogen and oxygen atoms in total. The van der Waals surface area contributed by atoms with Gasteiger partial charge in [0.05, 0.1) is 0 Å². The van der Waals surface area contributed by atoms with E-state index in [1.54, 1.807) is 18.2 Å². The number of primary amides is 1. The van der Waals surface area contributed by atoms with Gasteiger partial charge in [-0.1, -0.05) is 30.3 Å². The molecule has 0 bridgehead atoms. The maximum atomic E-state index is 12.6. The Morgan fingerprint density at radius 1 is 1.19 bits per heavy atom. The van der Waals surface area contributed by atoms with E-state index >= 15 is 0 Å². The van der Waals surface area contributed by atoms with E-state index in [4.69, 9.17) is 11.5 Å². The lowest BCUT2D eigenvalue weighted by atomic mass is 9.90. The summed E-state index contributed by atoms with van der Waals surface area (Å²) in [4.78, 5) is 10.8. The summed E-state index contributed by atoms with van der Waals surface area (Å²) in [5.41, 5.74) is 7.06. The van der Waals surface area contributed by atoms with Crippen molar-refractivity contribution in [2.45, 2.75) is 18.1 Å². The molecule has 0 aliphatic rings. The van der Waals surface area contributed by atoms with Crippen LogP contribution in [0.4, 0.5) is 13.2 Å². The second kappa shape index (κ2) is 4.13. The molecule has 0 fully saturated rings. The van der Waals surface area contributed by atoms with Crippen molar-refractivity contribution in [2.75, 3.05) is 0 Å². The van der Waals surface area contributed by atoms with Crippen molar-refractivity contribution in [2.24, 2.45) is 11.5 Å². The molecule has 88 valence electrons. The third-order valence-electron chi connectivity index (χ3n) is 2.27. The Morgan fingerprint density at radius 3 is 2.06 bits per heavy atom. The summed E-state index contributed by atoms with van der Waals surface area (Å²) in [6.07, 6.45) is -5.53. The molecular weight excluding hydrogens is 221 g/mol. The van der Waals surface area contributed by atoms with Crippen LogP contribution in [-0.2, 0) is 11.2 Å². The maximum Gasteiger partial charge on any atom is 0.415 e. The van der Waals surface area contributed by atoms with Gasteiger partial charge in [-0.25, -0.2) is 0 Å². The Morgan fingerprint density at radius 2 is 1.69 bits per heavy atom. The number of benzene rings is 1. The molecule has 1 aromatic rings. The Bertz CT molecular complexity index is 377. The van der Waals surface area contributed by atoms with Gasteiger partial charge in [-0.05, 0) is 5.56 Å². The van der Waals surface area contributed by atoms with Crippen LogP contribution in [0.15, 0.2) is 30.3 Å². The molecule has 0 saturated carbocycles. The number of carbonyl (C=O) groups excluding carboxylic acids is 1. The van der Waals surface area contributed by atoms with Gasteiger partial charge in [0.15, 0.2) is 5.54 Å². The zero-order valence-electron chi connectivity index (χ0n) is 8.29. The van der Waals surface area contributed by atoms with Gasteiger partial charge in [-0.2, -0.15) is 13.2 Å². The molecule has 6 heteroatoms. The van der Waals surface area contributed by atoms with Crippen LogP contribution < -0.4 is 11.5 Å². The van der Waals surface area contributed by atoms with Gasteiger partial charge >= 0.3 is 6.18 Å². The predicted octanol–water partition coefficient (Wildman–Crippen LogP) is 0.974. The number of alkyl halides is 3. The fourth-order valence-electron chi connectivity index (χ4n) is 1.24. The van der Waals surface area contributed by atoms with Crippen LogP contribution in [0.1, 0.15) is 5.56 Å². The lowest BCUT2D eigenvalue weighted by molar-refractivity contribution is -0.189. The summed E-state index contributed by atoms with van der Waals surface area (Å²) in [7, 11) is 0. The van der Waals surface area contributed by atoms with Gasteiger partial charge in [0.1, 0.15) is 0 Å². The molecule has 0 spiro atoms. The molecule has 1 amide bonds. The Hall–Kier alpha value is -1.56. The van der Waals surface area contributed by atoms with Crippen molar-refractivity contribution in [3.05, 3.63) is 35.9 Å². The van der Waals surface area contributed by atoms with Crippen LogP contribution in [0.3, 0.4) is 0 Å². The lowest BCUT2D eigenvalue weighted by Gasteiger charge is -2.28. The number of carbonyl (C=O) groups is 1. The lowest BCUT2D eigenvalue weighted by Crippen LogP contribution is -2.63. The van der Waals surface area contributed by atoms with Crippen LogP contribution in [0.2, 0.25) is 0 Å². The van der Waals surface area contributed by atoms with Crippen LogP contribution in [0.5, 0.6) is 0 Å². The molecule has 1 rings (SSSR count). The highest BCUT2D eigenvalue weighted by atomic mass is 19.4. The van der Waals surface area contributed by atoms with Crippen LogP contribution in [-0.4, -0.2) is 17.6 Å². The van der Waals surface area contributed by atoms with Crippen molar-refractivity contribution in [3.63, 3.8) is 0 Å². The third-order valence-corrected chi connectivity index (χ3v) is 2.27. The largest absolute Gasteiger partial charge is 0.415 e. The van der Waals surface area contributed by atoms with Crippen molar-refractivity contribution < 1.29 is 18.0 Å². The Kier molecular flexibility index (Phi) is 3.23. The topological polar surface area (TPSA) is 69.1 Å². The zero-order chi connectivity index (χ0) is 12.4. The van der Waals surface area contributed by atoms with E-state index in [1.165, 1.54) is 12.1 Å². The van der Waals surface area contributed by atoms with Crippen molar-refractivity contribution in [1.29, 1.82) is 0 Å². The molecular formula is C10H11F3N2O. The SMILES string of the molecule is NC(=O)[C@](N)(Cc1ccccc1)C(F)(F)F. The van der Waals surface area contributed by atoms with E-state index in [0.29, 0.717) is 5.56 Å². The number of hydrogen-bond donors (Lipinski definition) is 2. The smallest absolute Gasteiger partial charge is 0.368 e. The van der Waals surface area contributed by atoms with E-state index in [0.717, 1.165) is 0 Å². The zero-order valence-corrected chi connectivity index (χ0v) is 8.29. The molecule has 0 saturated heterocycles. The van der Waals surface area contributed by atoms with Crippen LogP contribution in [0, 0.1) is 0 Å². The molecule has 16 heavy (non-hydrogen) atoms. The number of nitrogens with two attached hydrogens (primary N) is 2. The highest BCUT2D eigenvalue weighted by Gasteiger charge is 2.56. The number of hydrogen-bond acceptors (Lipinski definition) is 2. The quantitative estimate of drug-likeness (QED) is 0.815. The molecule has 0 aliphatic heterocycles. The first-order valence-corrected chi connectivity index (χ1v) is 4.47. The van der Waals surface area contributed by atoms with E-state index < -0.39 is 24.0 Å². The monoisotopic (exact) mass is 232 g/mol. The van der Waals surface area contributed by atoms with E-state index in [2.05, 4.69) is 0 Å². The van der Waals surface area contributed by atoms with Gasteiger partial charge in [0, 0.05) is 6.42 Å². The molecule has 1 aromatic carbocycles. The summed E-state index contributed by atoms with van der Waals surface area (Å²) in [6, 6.07) is 7.69. The van der Waals surface area contributed by atoms with Crippen molar-refractivity contribution in [3.8, 4) is 0 Å². The molecule has 0 unspecified atom stereocenters. The first kappa shape index (κ1) is 12.5. The summed E-state index contributed by atoms with van der Waals surface area (Å²) < 4.78 is 37.8. The predicted molar refractivity (Wildman–Crippen MR) is 52.3 cm³/mol. The summed E-state index contributed by atoms with van der Waals surface area (Å²) >= 11 is 0. The standard InChI is InChI=1S/C10H11F3N2O/c11-10(12,13)9(15,8(14)16)6-7-4-2-1-3-5-7/h1-5H,6,15H2,(H2,14,16)/t9-/m1/s1. The fraction of sp³-hybridized carbons (Fsp3) is 0.300. The minimum absolute atomic E-state index is 0.307. The highest BCUT2D eigenvalue weighted by Crippen LogP contribution is 2.31. The molecule has 0 heterocycles. The van der Waals surface area contributed by atoms with Gasteiger partial charge in [-0.3, -0.25) is 4.79 Å². The number of amides is 1. The molecule has 0 aliphatic carbocycles. The average Bonchev–Trinajstić information content (AvgIpc) is 2.17. The summed E-state index contributed by atoms with van der Waals surface area (Å²) in [5, 5.41) is 0. The van der Waals surface area contributed by atoms with E-state index in [9.17, 15) is 18.0 Å². The number of halogens is 3. The molecule has 1 atom stereocenters. The van der Waals surface area contributed by atoms with Gasteiger partial charge in [-0.15, -0.1) is 0 Å². The van der Waals surface area contributed by atoms with Gasteiger partial charge in [0.2, 0.25) is 5.91 Å². The molecule has 4 N–H and O–H groups in total. The van der Waals surface area contributed by atoms with Crippen LogP contribution in [0.25, 0.3) is 0 Å². The maximum absolute atomic E-state index is 12.6. The summed E-state index contributed by atoms with van der Waals surface area (Å²) in [5.74, 6) is -1.58. The first-order valence-electron chi connectivity index (χ1n) is 4.47.